The van der Waals surface area contributed by atoms with Crippen LogP contribution in [-0.4, -0.2) is 16.7 Å². The quantitative estimate of drug-likeness (QED) is 0.568. The number of amides is 1. The molecule has 1 aromatic carbocycles. The highest BCUT2D eigenvalue weighted by atomic mass is 19.1. The van der Waals surface area contributed by atoms with Gasteiger partial charge in [0.15, 0.2) is 5.78 Å². The maximum absolute atomic E-state index is 13.7. The second-order valence-corrected chi connectivity index (χ2v) is 8.70. The Morgan fingerprint density at radius 3 is 2.59 bits per heavy atom. The molecule has 0 spiro atoms. The van der Waals surface area contributed by atoms with Gasteiger partial charge in [-0.15, -0.1) is 0 Å². The molecule has 1 amide bonds. The zero-order valence-electron chi connectivity index (χ0n) is 18.9. The van der Waals surface area contributed by atoms with E-state index >= 15 is 0 Å². The molecule has 2 aromatic heterocycles. The third-order valence-corrected chi connectivity index (χ3v) is 6.35. The largest absolute Gasteiger partial charge is 0.469 e. The van der Waals surface area contributed by atoms with E-state index in [0.717, 1.165) is 17.2 Å². The molecule has 1 aliphatic heterocycles. The van der Waals surface area contributed by atoms with Crippen LogP contribution in [0.4, 0.5) is 10.2 Å². The van der Waals surface area contributed by atoms with Crippen LogP contribution in [0.3, 0.4) is 0 Å². The molecule has 172 valence electrons. The van der Waals surface area contributed by atoms with Crippen LogP contribution in [-0.2, 0) is 9.59 Å². The Labute approximate surface area is 196 Å². The molecule has 3 aromatic rings. The van der Waals surface area contributed by atoms with Crippen LogP contribution in [0.1, 0.15) is 48.6 Å². The van der Waals surface area contributed by atoms with Gasteiger partial charge in [-0.05, 0) is 62.2 Å². The van der Waals surface area contributed by atoms with Crippen molar-refractivity contribution in [2.45, 2.75) is 38.5 Å². The molecule has 0 bridgehead atoms. The highest BCUT2D eigenvalue weighted by Crippen LogP contribution is 2.45. The van der Waals surface area contributed by atoms with Crippen molar-refractivity contribution < 1.29 is 18.4 Å². The van der Waals surface area contributed by atoms with Gasteiger partial charge in [-0.2, -0.15) is 0 Å². The molecule has 7 heteroatoms. The number of carbonyl (C=O) groups excluding carboxylic acids is 2. The zero-order chi connectivity index (χ0) is 23.8. The molecule has 6 nitrogen and oxygen atoms in total. The molecule has 1 aliphatic carbocycles. The molecule has 2 unspecified atom stereocenters. The van der Waals surface area contributed by atoms with Gasteiger partial charge in [-0.25, -0.2) is 9.37 Å². The van der Waals surface area contributed by atoms with Crippen LogP contribution in [0, 0.1) is 12.7 Å². The SMILES string of the molecule is CC1=C(C(=O)Nc2cccc(C)n2)C(c2ccc(F)cc2)C2=C(CC(c3ccco3)CC2=O)N1. The lowest BCUT2D eigenvalue weighted by Crippen LogP contribution is -2.37. The molecule has 0 fully saturated rings. The van der Waals surface area contributed by atoms with Crippen LogP contribution >= 0.6 is 0 Å². The first kappa shape index (κ1) is 21.8. The van der Waals surface area contributed by atoms with Gasteiger partial charge in [0.2, 0.25) is 0 Å². The lowest BCUT2D eigenvalue weighted by Gasteiger charge is -2.36. The fourth-order valence-corrected chi connectivity index (χ4v) is 4.85. The standard InChI is InChI=1S/C27H24FN3O3/c1-15-5-3-7-23(29-15)31-27(33)24-16(2)30-20-13-18(22-6-4-12-34-22)14-21(32)26(20)25(24)17-8-10-19(28)11-9-17/h3-12,18,25,30H,13-14H2,1-2H3,(H,29,31,33). The fraction of sp³-hybridized carbons (Fsp3) is 0.222. The number of nitrogens with zero attached hydrogens (tertiary/aromatic N) is 1. The van der Waals surface area contributed by atoms with Crippen LogP contribution in [0.2, 0.25) is 0 Å². The number of pyridine rings is 1. The van der Waals surface area contributed by atoms with Gasteiger partial charge < -0.3 is 15.1 Å². The van der Waals surface area contributed by atoms with Crippen molar-refractivity contribution in [1.82, 2.24) is 10.3 Å². The minimum absolute atomic E-state index is 0.0593. The number of hydrogen-bond donors (Lipinski definition) is 2. The van der Waals surface area contributed by atoms with Gasteiger partial charge in [0.1, 0.15) is 17.4 Å². The van der Waals surface area contributed by atoms with E-state index in [1.807, 2.05) is 38.1 Å². The van der Waals surface area contributed by atoms with Gasteiger partial charge in [0.25, 0.3) is 5.91 Å². The Morgan fingerprint density at radius 1 is 1.09 bits per heavy atom. The normalized spacial score (nSPS) is 20.1. The van der Waals surface area contributed by atoms with Gasteiger partial charge in [0.05, 0.1) is 6.26 Å². The maximum Gasteiger partial charge on any atom is 0.255 e. The summed E-state index contributed by atoms with van der Waals surface area (Å²) in [7, 11) is 0. The number of nitrogens with one attached hydrogen (secondary N) is 2. The third-order valence-electron chi connectivity index (χ3n) is 6.35. The average Bonchev–Trinajstić information content (AvgIpc) is 3.33. The molecule has 0 saturated carbocycles. The zero-order valence-corrected chi connectivity index (χ0v) is 18.9. The molecular formula is C27H24FN3O3. The van der Waals surface area contributed by atoms with Gasteiger partial charge in [-0.3, -0.25) is 9.59 Å². The van der Waals surface area contributed by atoms with Crippen LogP contribution in [0.25, 0.3) is 0 Å². The summed E-state index contributed by atoms with van der Waals surface area (Å²) in [5, 5.41) is 6.19. The smallest absolute Gasteiger partial charge is 0.255 e. The monoisotopic (exact) mass is 457 g/mol. The van der Waals surface area contributed by atoms with Crippen LogP contribution in [0.5, 0.6) is 0 Å². The number of carbonyl (C=O) groups is 2. The lowest BCUT2D eigenvalue weighted by molar-refractivity contribution is -0.116. The van der Waals surface area contributed by atoms with Crippen molar-refractivity contribution in [3.05, 3.63) is 106 Å². The van der Waals surface area contributed by atoms with E-state index in [1.165, 1.54) is 12.1 Å². The molecular weight excluding hydrogens is 433 g/mol. The number of anilines is 1. The summed E-state index contributed by atoms with van der Waals surface area (Å²) in [6.45, 7) is 3.66. The predicted molar refractivity (Wildman–Crippen MR) is 125 cm³/mol. The van der Waals surface area contributed by atoms with Crippen molar-refractivity contribution in [2.75, 3.05) is 5.32 Å². The second kappa shape index (κ2) is 8.74. The Balaban J connectivity index is 1.56. The number of ketones is 1. The van der Waals surface area contributed by atoms with Crippen molar-refractivity contribution in [2.24, 2.45) is 0 Å². The number of aromatic nitrogens is 1. The molecule has 2 atom stereocenters. The first-order chi connectivity index (χ1) is 16.4. The summed E-state index contributed by atoms with van der Waals surface area (Å²) in [5.74, 6) is -0.309. The van der Waals surface area contributed by atoms with E-state index in [2.05, 4.69) is 15.6 Å². The first-order valence-corrected chi connectivity index (χ1v) is 11.2. The molecule has 0 saturated heterocycles. The maximum atomic E-state index is 13.7. The minimum Gasteiger partial charge on any atom is -0.469 e. The Hall–Kier alpha value is -4.00. The number of allylic oxidation sites excluding steroid dienone is 3. The molecule has 0 radical (unpaired) electrons. The summed E-state index contributed by atoms with van der Waals surface area (Å²) >= 11 is 0. The van der Waals surface area contributed by atoms with Crippen molar-refractivity contribution >= 4 is 17.5 Å². The summed E-state index contributed by atoms with van der Waals surface area (Å²) in [5.41, 5.74) is 3.83. The number of rotatable bonds is 4. The van der Waals surface area contributed by atoms with Gasteiger partial charge >= 0.3 is 0 Å². The van der Waals surface area contributed by atoms with Crippen LogP contribution in [0.15, 0.2) is 87.8 Å². The van der Waals surface area contributed by atoms with E-state index in [4.69, 9.17) is 4.42 Å². The number of benzene rings is 1. The second-order valence-electron chi connectivity index (χ2n) is 8.70. The average molecular weight is 458 g/mol. The third kappa shape index (κ3) is 4.05. The van der Waals surface area contributed by atoms with E-state index in [-0.39, 0.29) is 29.8 Å². The van der Waals surface area contributed by atoms with Gasteiger partial charge in [-0.1, -0.05) is 18.2 Å². The Bertz CT molecular complexity index is 1320. The Morgan fingerprint density at radius 2 is 1.88 bits per heavy atom. The van der Waals surface area contributed by atoms with Crippen molar-refractivity contribution in [3.8, 4) is 0 Å². The number of hydrogen-bond acceptors (Lipinski definition) is 5. The predicted octanol–water partition coefficient (Wildman–Crippen LogP) is 5.12. The number of dihydropyridines is 1. The van der Waals surface area contributed by atoms with Crippen molar-refractivity contribution in [3.63, 3.8) is 0 Å². The molecule has 2 aliphatic rings. The lowest BCUT2D eigenvalue weighted by atomic mass is 9.72. The van der Waals surface area contributed by atoms with E-state index in [1.54, 1.807) is 24.5 Å². The minimum atomic E-state index is -0.619. The van der Waals surface area contributed by atoms with E-state index in [0.29, 0.717) is 34.6 Å². The van der Waals surface area contributed by atoms with E-state index in [9.17, 15) is 14.0 Å². The molecule has 34 heavy (non-hydrogen) atoms. The summed E-state index contributed by atoms with van der Waals surface area (Å²) in [6, 6.07) is 15.0. The van der Waals surface area contributed by atoms with Crippen molar-refractivity contribution in [1.29, 1.82) is 0 Å². The van der Waals surface area contributed by atoms with Gasteiger partial charge in [0, 0.05) is 46.5 Å². The van der Waals surface area contributed by atoms with Crippen LogP contribution < -0.4 is 10.6 Å². The Kier molecular flexibility index (Phi) is 5.61. The molecule has 5 rings (SSSR count). The molecule has 3 heterocycles. The number of halogens is 1. The number of Topliss-reactive ketones (excluding diaryl/α,β-unsaturated/α-hetero) is 1. The highest BCUT2D eigenvalue weighted by molar-refractivity contribution is 6.09. The first-order valence-electron chi connectivity index (χ1n) is 11.2. The molecule has 2 N–H and O–H groups in total. The van der Waals surface area contributed by atoms with E-state index < -0.39 is 5.92 Å². The topological polar surface area (TPSA) is 84.2 Å². The number of aryl methyl sites for hydroxylation is 1. The fourth-order valence-electron chi connectivity index (χ4n) is 4.85. The number of furan rings is 1. The highest BCUT2D eigenvalue weighted by Gasteiger charge is 2.41. The summed E-state index contributed by atoms with van der Waals surface area (Å²) in [6.07, 6.45) is 2.46. The summed E-state index contributed by atoms with van der Waals surface area (Å²) in [4.78, 5) is 31.3. The summed E-state index contributed by atoms with van der Waals surface area (Å²) < 4.78 is 19.3.